The molecule has 8 heteroatoms. The summed E-state index contributed by atoms with van der Waals surface area (Å²) in [6.07, 6.45) is 2.12. The minimum absolute atomic E-state index is 0.294. The first-order chi connectivity index (χ1) is 10.4. The molecule has 0 aromatic carbocycles. The summed E-state index contributed by atoms with van der Waals surface area (Å²) < 4.78 is 5.71. The van der Waals surface area contributed by atoms with Crippen LogP contribution in [-0.2, 0) is 9.53 Å². The minimum atomic E-state index is -0.437. The lowest BCUT2D eigenvalue weighted by Gasteiger charge is -2.18. The summed E-state index contributed by atoms with van der Waals surface area (Å²) in [6.45, 7) is 4.12. The van der Waals surface area contributed by atoms with Gasteiger partial charge < -0.3 is 15.0 Å². The number of fused-ring (bicyclic) bond motifs is 1. The number of thiazole rings is 1. The first kappa shape index (κ1) is 16.4. The van der Waals surface area contributed by atoms with E-state index in [9.17, 15) is 4.79 Å². The summed E-state index contributed by atoms with van der Waals surface area (Å²) in [7, 11) is 5.24. The maximum atomic E-state index is 12.0. The lowest BCUT2D eigenvalue weighted by atomic mass is 10.0. The lowest BCUT2D eigenvalue weighted by Crippen LogP contribution is -2.32. The minimum Gasteiger partial charge on any atom is -0.467 e. The predicted octanol–water partition coefficient (Wildman–Crippen LogP) is 2.15. The molecule has 0 bridgehead atoms. The van der Waals surface area contributed by atoms with E-state index in [0.29, 0.717) is 23.8 Å². The third-order valence-electron chi connectivity index (χ3n) is 3.07. The molecular formula is C14H21N5O2S. The van der Waals surface area contributed by atoms with E-state index >= 15 is 0 Å². The molecule has 2 heterocycles. The number of anilines is 2. The second-order valence-corrected chi connectivity index (χ2v) is 6.59. The molecule has 0 spiro atoms. The van der Waals surface area contributed by atoms with Crippen LogP contribution in [-0.4, -0.2) is 48.2 Å². The zero-order valence-electron chi connectivity index (χ0n) is 13.5. The van der Waals surface area contributed by atoms with Gasteiger partial charge in [-0.05, 0) is 12.3 Å². The van der Waals surface area contributed by atoms with Crippen molar-refractivity contribution in [3.63, 3.8) is 0 Å². The van der Waals surface area contributed by atoms with Crippen molar-refractivity contribution >= 4 is 38.6 Å². The van der Waals surface area contributed by atoms with Gasteiger partial charge in [0.1, 0.15) is 22.9 Å². The highest BCUT2D eigenvalue weighted by Crippen LogP contribution is 2.31. The summed E-state index contributed by atoms with van der Waals surface area (Å²) in [4.78, 5) is 26.8. The van der Waals surface area contributed by atoms with Gasteiger partial charge in [0.25, 0.3) is 0 Å². The highest BCUT2D eigenvalue weighted by Gasteiger charge is 2.22. The molecule has 1 N–H and O–H groups in total. The van der Waals surface area contributed by atoms with Crippen molar-refractivity contribution in [2.24, 2.45) is 5.92 Å². The van der Waals surface area contributed by atoms with Gasteiger partial charge in [-0.25, -0.2) is 14.8 Å². The van der Waals surface area contributed by atoms with Crippen LogP contribution in [0.15, 0.2) is 6.33 Å². The monoisotopic (exact) mass is 323 g/mol. The number of rotatable bonds is 6. The molecule has 0 fully saturated rings. The van der Waals surface area contributed by atoms with Gasteiger partial charge in [0.15, 0.2) is 10.8 Å². The number of hydrogen-bond acceptors (Lipinski definition) is 8. The highest BCUT2D eigenvalue weighted by atomic mass is 32.1. The van der Waals surface area contributed by atoms with E-state index < -0.39 is 6.04 Å². The molecule has 0 saturated carbocycles. The molecule has 2 aromatic rings. The molecule has 0 radical (unpaired) electrons. The molecule has 2 aromatic heterocycles. The molecule has 0 amide bonds. The maximum absolute atomic E-state index is 12.0. The van der Waals surface area contributed by atoms with Crippen LogP contribution in [0.4, 0.5) is 10.9 Å². The summed E-state index contributed by atoms with van der Waals surface area (Å²) in [5, 5.41) is 4.03. The molecule has 7 nitrogen and oxygen atoms in total. The van der Waals surface area contributed by atoms with Crippen molar-refractivity contribution in [3.05, 3.63) is 6.33 Å². The van der Waals surface area contributed by atoms with Crippen LogP contribution in [0.1, 0.15) is 20.3 Å². The van der Waals surface area contributed by atoms with Crippen LogP contribution < -0.4 is 10.2 Å². The fourth-order valence-corrected chi connectivity index (χ4v) is 2.92. The molecule has 0 aliphatic heterocycles. The fraction of sp³-hybridized carbons (Fsp3) is 0.571. The quantitative estimate of drug-likeness (QED) is 0.816. The van der Waals surface area contributed by atoms with Crippen LogP contribution in [0.25, 0.3) is 10.3 Å². The predicted molar refractivity (Wildman–Crippen MR) is 88.4 cm³/mol. The van der Waals surface area contributed by atoms with Crippen LogP contribution in [0.2, 0.25) is 0 Å². The number of ether oxygens (including phenoxy) is 1. The van der Waals surface area contributed by atoms with E-state index in [4.69, 9.17) is 4.74 Å². The van der Waals surface area contributed by atoms with E-state index in [0.717, 1.165) is 9.83 Å². The van der Waals surface area contributed by atoms with Gasteiger partial charge in [0.05, 0.1) is 7.11 Å². The number of aromatic nitrogens is 3. The van der Waals surface area contributed by atoms with E-state index in [2.05, 4.69) is 34.1 Å². The summed E-state index contributed by atoms with van der Waals surface area (Å²) in [5.41, 5.74) is 0.624. The lowest BCUT2D eigenvalue weighted by molar-refractivity contribution is -0.141. The topological polar surface area (TPSA) is 80.2 Å². The van der Waals surface area contributed by atoms with Crippen LogP contribution >= 0.6 is 11.3 Å². The summed E-state index contributed by atoms with van der Waals surface area (Å²) in [5.74, 6) is 0.678. The Bertz CT molecular complexity index is 656. The largest absolute Gasteiger partial charge is 0.467 e. The fourth-order valence-electron chi connectivity index (χ4n) is 2.03. The molecule has 0 saturated heterocycles. The molecule has 22 heavy (non-hydrogen) atoms. The third kappa shape index (κ3) is 3.62. The molecular weight excluding hydrogens is 302 g/mol. The van der Waals surface area contributed by atoms with Gasteiger partial charge in [0.2, 0.25) is 0 Å². The molecule has 0 unspecified atom stereocenters. The van der Waals surface area contributed by atoms with Crippen molar-refractivity contribution in [2.75, 3.05) is 31.4 Å². The zero-order valence-corrected chi connectivity index (χ0v) is 14.3. The Balaban J connectivity index is 2.34. The smallest absolute Gasteiger partial charge is 0.328 e. The van der Waals surface area contributed by atoms with E-state index in [1.807, 2.05) is 19.0 Å². The standard InChI is InChI=1S/C14H21N5O2S/c1-8(2)6-9(13(20)21-5)17-11-10-12(16-7-15-11)18-14(22-10)19(3)4/h7-9H,6H2,1-5H3,(H,15,16,17)/t9-/m0/s1. The summed E-state index contributed by atoms with van der Waals surface area (Å²) in [6, 6.07) is -0.437. The Morgan fingerprint density at radius 2 is 2.14 bits per heavy atom. The number of methoxy groups -OCH3 is 1. The Labute approximate surface area is 133 Å². The normalized spacial score (nSPS) is 12.5. The second kappa shape index (κ2) is 6.87. The Morgan fingerprint density at radius 3 is 2.73 bits per heavy atom. The number of carbonyl (C=O) groups is 1. The van der Waals surface area contributed by atoms with Gasteiger partial charge in [-0.15, -0.1) is 0 Å². The number of carbonyl (C=O) groups excluding carboxylic acids is 1. The van der Waals surface area contributed by atoms with E-state index in [-0.39, 0.29) is 5.97 Å². The Kier molecular flexibility index (Phi) is 5.12. The van der Waals surface area contributed by atoms with E-state index in [1.54, 1.807) is 0 Å². The highest BCUT2D eigenvalue weighted by molar-refractivity contribution is 7.22. The number of esters is 1. The van der Waals surface area contributed by atoms with Crippen molar-refractivity contribution in [1.29, 1.82) is 0 Å². The molecule has 2 rings (SSSR count). The third-order valence-corrected chi connectivity index (χ3v) is 4.29. The van der Waals surface area contributed by atoms with Crippen LogP contribution in [0.3, 0.4) is 0 Å². The van der Waals surface area contributed by atoms with Gasteiger partial charge in [-0.2, -0.15) is 4.98 Å². The Morgan fingerprint density at radius 1 is 1.41 bits per heavy atom. The first-order valence-electron chi connectivity index (χ1n) is 7.05. The molecule has 1 atom stereocenters. The van der Waals surface area contributed by atoms with Crippen molar-refractivity contribution < 1.29 is 9.53 Å². The molecule has 0 aliphatic carbocycles. The average Bonchev–Trinajstić information content (AvgIpc) is 2.90. The molecule has 120 valence electrons. The number of nitrogens with one attached hydrogen (secondary N) is 1. The van der Waals surface area contributed by atoms with Crippen molar-refractivity contribution in [1.82, 2.24) is 15.0 Å². The second-order valence-electron chi connectivity index (χ2n) is 5.62. The van der Waals surface area contributed by atoms with Crippen molar-refractivity contribution in [2.45, 2.75) is 26.3 Å². The first-order valence-corrected chi connectivity index (χ1v) is 7.87. The number of hydrogen-bond donors (Lipinski definition) is 1. The SMILES string of the molecule is COC(=O)[C@H](CC(C)C)Nc1ncnc2nc(N(C)C)sc12. The van der Waals surface area contributed by atoms with Crippen molar-refractivity contribution in [3.8, 4) is 0 Å². The maximum Gasteiger partial charge on any atom is 0.328 e. The van der Waals surface area contributed by atoms with E-state index in [1.165, 1.54) is 24.8 Å². The van der Waals surface area contributed by atoms with Gasteiger partial charge in [-0.3, -0.25) is 0 Å². The van der Waals surface area contributed by atoms with Crippen LogP contribution in [0, 0.1) is 5.92 Å². The Hall–Kier alpha value is -1.96. The van der Waals surface area contributed by atoms with Gasteiger partial charge >= 0.3 is 5.97 Å². The van der Waals surface area contributed by atoms with Gasteiger partial charge in [0, 0.05) is 14.1 Å². The summed E-state index contributed by atoms with van der Waals surface area (Å²) >= 11 is 1.49. The van der Waals surface area contributed by atoms with Gasteiger partial charge in [-0.1, -0.05) is 25.2 Å². The molecule has 0 aliphatic rings. The van der Waals surface area contributed by atoms with Crippen LogP contribution in [0.5, 0.6) is 0 Å². The number of nitrogens with zero attached hydrogens (tertiary/aromatic N) is 4. The zero-order chi connectivity index (χ0) is 16.3. The average molecular weight is 323 g/mol.